The van der Waals surface area contributed by atoms with Crippen molar-refractivity contribution >= 4 is 0 Å². The minimum Gasteiger partial charge on any atom is -0.493 e. The summed E-state index contributed by atoms with van der Waals surface area (Å²) < 4.78 is 13.1. The van der Waals surface area contributed by atoms with Crippen LogP contribution in [-0.4, -0.2) is 18.8 Å². The summed E-state index contributed by atoms with van der Waals surface area (Å²) in [6, 6.07) is 6.35. The van der Waals surface area contributed by atoms with Crippen LogP contribution in [0.15, 0.2) is 18.3 Å². The number of benzene rings is 1. The third kappa shape index (κ3) is 2.06. The normalized spacial score (nSPS) is 12.3. The van der Waals surface area contributed by atoms with Crippen molar-refractivity contribution in [3.05, 3.63) is 35.0 Å². The minimum atomic E-state index is 0.453. The average Bonchev–Trinajstić information content (AvgIpc) is 2.83. The zero-order valence-electron chi connectivity index (χ0n) is 12.6. The zero-order chi connectivity index (χ0) is 15.0. The number of ether oxygens (including phenoxy) is 2. The number of nitriles is 1. The molecule has 2 aromatic rings. The van der Waals surface area contributed by atoms with E-state index < -0.39 is 0 Å². The summed E-state index contributed by atoms with van der Waals surface area (Å²) in [7, 11) is 3.31. The molecular weight excluding hydrogens is 264 g/mol. The summed E-state index contributed by atoms with van der Waals surface area (Å²) in [6.07, 6.45) is 3.52. The third-order valence-corrected chi connectivity index (χ3v) is 4.19. The largest absolute Gasteiger partial charge is 0.493 e. The van der Waals surface area contributed by atoms with E-state index in [9.17, 15) is 0 Å². The van der Waals surface area contributed by atoms with Crippen LogP contribution < -0.4 is 9.47 Å². The molecular formula is C17H18N2O2. The first-order chi connectivity index (χ1) is 10.2. The highest BCUT2D eigenvalue weighted by molar-refractivity contribution is 5.74. The Labute approximate surface area is 124 Å². The summed E-state index contributed by atoms with van der Waals surface area (Å²) in [5.41, 5.74) is 5.94. The second kappa shape index (κ2) is 5.17. The first kappa shape index (κ1) is 13.6. The Hall–Kier alpha value is -2.41. The molecule has 108 valence electrons. The Bertz CT molecular complexity index is 738. The van der Waals surface area contributed by atoms with E-state index in [1.54, 1.807) is 14.2 Å². The molecule has 1 aromatic carbocycles. The third-order valence-electron chi connectivity index (χ3n) is 4.19. The average molecular weight is 282 g/mol. The molecule has 0 saturated carbocycles. The van der Waals surface area contributed by atoms with Gasteiger partial charge < -0.3 is 14.0 Å². The van der Waals surface area contributed by atoms with Crippen LogP contribution in [0.1, 0.15) is 16.7 Å². The SMILES string of the molecule is COc1cc2c(cc1OC)-c1c(C)c(CC#N)cn1CC2. The molecule has 2 heterocycles. The van der Waals surface area contributed by atoms with E-state index in [4.69, 9.17) is 14.7 Å². The van der Waals surface area contributed by atoms with Gasteiger partial charge in [0.15, 0.2) is 11.5 Å². The van der Waals surface area contributed by atoms with E-state index in [2.05, 4.69) is 29.8 Å². The number of fused-ring (bicyclic) bond motifs is 3. The lowest BCUT2D eigenvalue weighted by atomic mass is 9.95. The number of aromatic nitrogens is 1. The predicted molar refractivity (Wildman–Crippen MR) is 80.7 cm³/mol. The summed E-state index contributed by atoms with van der Waals surface area (Å²) in [4.78, 5) is 0. The van der Waals surface area contributed by atoms with Crippen LogP contribution in [0.3, 0.4) is 0 Å². The number of aryl methyl sites for hydroxylation is 2. The molecule has 0 radical (unpaired) electrons. The Morgan fingerprint density at radius 3 is 2.62 bits per heavy atom. The molecule has 1 aromatic heterocycles. The van der Waals surface area contributed by atoms with Crippen molar-refractivity contribution < 1.29 is 9.47 Å². The molecule has 4 nitrogen and oxygen atoms in total. The molecule has 0 fully saturated rings. The Morgan fingerprint density at radius 2 is 1.95 bits per heavy atom. The molecule has 3 rings (SSSR count). The second-order valence-electron chi connectivity index (χ2n) is 5.27. The second-order valence-corrected chi connectivity index (χ2v) is 5.27. The molecule has 0 N–H and O–H groups in total. The van der Waals surface area contributed by atoms with Gasteiger partial charge in [-0.1, -0.05) is 0 Å². The van der Waals surface area contributed by atoms with Crippen molar-refractivity contribution in [2.75, 3.05) is 14.2 Å². The maximum atomic E-state index is 8.96. The Kier molecular flexibility index (Phi) is 3.34. The van der Waals surface area contributed by atoms with Crippen LogP contribution in [0.4, 0.5) is 0 Å². The number of rotatable bonds is 3. The van der Waals surface area contributed by atoms with E-state index in [0.29, 0.717) is 6.42 Å². The number of methoxy groups -OCH3 is 2. The van der Waals surface area contributed by atoms with Crippen molar-refractivity contribution in [1.29, 1.82) is 5.26 Å². The van der Waals surface area contributed by atoms with E-state index >= 15 is 0 Å². The van der Waals surface area contributed by atoms with Crippen molar-refractivity contribution in [2.24, 2.45) is 0 Å². The molecule has 1 aliphatic heterocycles. The first-order valence-electron chi connectivity index (χ1n) is 7.00. The lowest BCUT2D eigenvalue weighted by Gasteiger charge is -2.22. The van der Waals surface area contributed by atoms with Crippen LogP contribution in [-0.2, 0) is 19.4 Å². The minimum absolute atomic E-state index is 0.453. The molecule has 0 unspecified atom stereocenters. The van der Waals surface area contributed by atoms with Crippen molar-refractivity contribution in [1.82, 2.24) is 4.57 Å². The van der Waals surface area contributed by atoms with Gasteiger partial charge in [-0.2, -0.15) is 5.26 Å². The van der Waals surface area contributed by atoms with E-state index in [1.807, 2.05) is 6.07 Å². The molecule has 0 amide bonds. The Morgan fingerprint density at radius 1 is 1.24 bits per heavy atom. The molecule has 4 heteroatoms. The van der Waals surface area contributed by atoms with Gasteiger partial charge in [0.05, 0.1) is 32.4 Å². The number of nitrogens with zero attached hydrogens (tertiary/aromatic N) is 2. The van der Waals surface area contributed by atoms with Crippen LogP contribution in [0.25, 0.3) is 11.3 Å². The van der Waals surface area contributed by atoms with Gasteiger partial charge in [0.2, 0.25) is 0 Å². The highest BCUT2D eigenvalue weighted by Crippen LogP contribution is 2.40. The molecule has 0 spiro atoms. The smallest absolute Gasteiger partial charge is 0.161 e. The molecule has 1 aliphatic rings. The van der Waals surface area contributed by atoms with Crippen LogP contribution in [0.5, 0.6) is 11.5 Å². The summed E-state index contributed by atoms with van der Waals surface area (Å²) in [5.74, 6) is 1.51. The molecule has 0 bridgehead atoms. The van der Waals surface area contributed by atoms with Crippen LogP contribution in [0.2, 0.25) is 0 Å². The fraction of sp³-hybridized carbons (Fsp3) is 0.353. The predicted octanol–water partition coefficient (Wildman–Crippen LogP) is 3.10. The van der Waals surface area contributed by atoms with E-state index in [1.165, 1.54) is 22.4 Å². The van der Waals surface area contributed by atoms with Crippen LogP contribution >= 0.6 is 0 Å². The molecule has 0 aliphatic carbocycles. The fourth-order valence-corrected chi connectivity index (χ4v) is 3.10. The summed E-state index contributed by atoms with van der Waals surface area (Å²) >= 11 is 0. The number of hydrogen-bond acceptors (Lipinski definition) is 3. The summed E-state index contributed by atoms with van der Waals surface area (Å²) in [5, 5.41) is 8.96. The van der Waals surface area contributed by atoms with Gasteiger partial charge in [-0.05, 0) is 42.2 Å². The van der Waals surface area contributed by atoms with Gasteiger partial charge in [-0.15, -0.1) is 0 Å². The maximum absolute atomic E-state index is 8.96. The highest BCUT2D eigenvalue weighted by Gasteiger charge is 2.23. The van der Waals surface area contributed by atoms with Gasteiger partial charge in [0, 0.05) is 18.3 Å². The van der Waals surface area contributed by atoms with Gasteiger partial charge >= 0.3 is 0 Å². The molecule has 21 heavy (non-hydrogen) atoms. The lowest BCUT2D eigenvalue weighted by molar-refractivity contribution is 0.354. The number of hydrogen-bond donors (Lipinski definition) is 0. The van der Waals surface area contributed by atoms with Gasteiger partial charge in [0.1, 0.15) is 0 Å². The van der Waals surface area contributed by atoms with Crippen molar-refractivity contribution in [3.8, 4) is 28.8 Å². The quantitative estimate of drug-likeness (QED) is 0.869. The molecule has 0 atom stereocenters. The molecule has 0 saturated heterocycles. The lowest BCUT2D eigenvalue weighted by Crippen LogP contribution is -2.10. The van der Waals surface area contributed by atoms with Crippen molar-refractivity contribution in [2.45, 2.75) is 26.3 Å². The highest BCUT2D eigenvalue weighted by atomic mass is 16.5. The van der Waals surface area contributed by atoms with Gasteiger partial charge in [-0.25, -0.2) is 0 Å². The first-order valence-corrected chi connectivity index (χ1v) is 7.00. The maximum Gasteiger partial charge on any atom is 0.161 e. The fourth-order valence-electron chi connectivity index (χ4n) is 3.10. The van der Waals surface area contributed by atoms with E-state index in [-0.39, 0.29) is 0 Å². The summed E-state index contributed by atoms with van der Waals surface area (Å²) in [6.45, 7) is 3.02. The monoisotopic (exact) mass is 282 g/mol. The Balaban J connectivity index is 2.20. The van der Waals surface area contributed by atoms with E-state index in [0.717, 1.165) is 30.0 Å². The van der Waals surface area contributed by atoms with Crippen molar-refractivity contribution in [3.63, 3.8) is 0 Å². The van der Waals surface area contributed by atoms with Gasteiger partial charge in [0.25, 0.3) is 0 Å². The standard InChI is InChI=1S/C17H18N2O2/c1-11-13(4-6-18)10-19-7-5-12-8-15(20-2)16(21-3)9-14(12)17(11)19/h8-10H,4-5,7H2,1-3H3. The van der Waals surface area contributed by atoms with Gasteiger partial charge in [-0.3, -0.25) is 0 Å². The topological polar surface area (TPSA) is 47.2 Å². The van der Waals surface area contributed by atoms with Crippen LogP contribution in [0, 0.1) is 18.3 Å². The zero-order valence-corrected chi connectivity index (χ0v) is 12.6.